The molecule has 2 aromatic carbocycles. The van der Waals surface area contributed by atoms with E-state index in [-0.39, 0.29) is 24.5 Å². The predicted molar refractivity (Wildman–Crippen MR) is 98.9 cm³/mol. The molecule has 0 aliphatic carbocycles. The average Bonchev–Trinajstić information content (AvgIpc) is 2.89. The van der Waals surface area contributed by atoms with Gasteiger partial charge in [-0.25, -0.2) is 9.69 Å². The minimum absolute atomic E-state index is 0.142. The summed E-state index contributed by atoms with van der Waals surface area (Å²) in [5, 5.41) is 0. The van der Waals surface area contributed by atoms with E-state index in [0.29, 0.717) is 12.8 Å². The van der Waals surface area contributed by atoms with Crippen molar-refractivity contribution in [1.29, 1.82) is 0 Å². The van der Waals surface area contributed by atoms with Gasteiger partial charge in [0.15, 0.2) is 0 Å². The first-order chi connectivity index (χ1) is 12.0. The first-order valence-corrected chi connectivity index (χ1v) is 9.12. The lowest BCUT2D eigenvalue weighted by molar-refractivity contribution is -0.130. The predicted octanol–water partition coefficient (Wildman–Crippen LogP) is 4.57. The van der Waals surface area contributed by atoms with Gasteiger partial charge in [-0.1, -0.05) is 58.4 Å². The summed E-state index contributed by atoms with van der Waals surface area (Å²) in [6, 6.07) is 17.2. The van der Waals surface area contributed by atoms with Crippen molar-refractivity contribution in [2.45, 2.75) is 32.4 Å². The molecule has 0 spiro atoms. The Labute approximate surface area is 155 Å². The largest absolute Gasteiger partial charge is 0.444 e. The van der Waals surface area contributed by atoms with E-state index in [1.54, 1.807) is 0 Å². The third-order valence-corrected chi connectivity index (χ3v) is 4.98. The number of likely N-dealkylation sites (tertiary alicyclic amines) is 1. The van der Waals surface area contributed by atoms with Crippen LogP contribution in [0.5, 0.6) is 0 Å². The van der Waals surface area contributed by atoms with Crippen molar-refractivity contribution in [3.63, 3.8) is 0 Å². The maximum absolute atomic E-state index is 12.7. The number of benzene rings is 2. The number of ether oxygens (including phenoxy) is 1. The molecule has 1 fully saturated rings. The molecule has 1 saturated heterocycles. The molecule has 5 heteroatoms. The summed E-state index contributed by atoms with van der Waals surface area (Å²) in [6.07, 6.45) is 0.744. The zero-order valence-corrected chi connectivity index (χ0v) is 15.6. The van der Waals surface area contributed by atoms with Crippen LogP contribution in [0, 0.1) is 5.92 Å². The van der Waals surface area contributed by atoms with Crippen LogP contribution < -0.4 is 0 Å². The van der Waals surface area contributed by atoms with Gasteiger partial charge in [0.2, 0.25) is 5.91 Å². The molecule has 1 aliphatic heterocycles. The Morgan fingerprint density at radius 1 is 1.12 bits per heavy atom. The van der Waals surface area contributed by atoms with Crippen molar-refractivity contribution in [3.8, 4) is 0 Å². The van der Waals surface area contributed by atoms with Gasteiger partial charge in [0.05, 0.1) is 0 Å². The van der Waals surface area contributed by atoms with Gasteiger partial charge >= 0.3 is 6.09 Å². The number of carbonyl (C=O) groups excluding carboxylic acids is 2. The van der Waals surface area contributed by atoms with E-state index in [1.807, 2.05) is 61.5 Å². The van der Waals surface area contributed by atoms with Crippen molar-refractivity contribution in [3.05, 3.63) is 70.2 Å². The quantitative estimate of drug-likeness (QED) is 0.753. The summed E-state index contributed by atoms with van der Waals surface area (Å²) in [6.45, 7) is 2.07. The Balaban J connectivity index is 1.61. The van der Waals surface area contributed by atoms with Crippen molar-refractivity contribution in [2.24, 2.45) is 5.92 Å². The Morgan fingerprint density at radius 2 is 1.80 bits per heavy atom. The Morgan fingerprint density at radius 3 is 2.48 bits per heavy atom. The number of rotatable bonds is 4. The molecule has 25 heavy (non-hydrogen) atoms. The molecule has 3 rings (SSSR count). The second-order valence-corrected chi connectivity index (χ2v) is 7.28. The number of hydrogen-bond donors (Lipinski definition) is 0. The van der Waals surface area contributed by atoms with Gasteiger partial charge < -0.3 is 4.74 Å². The molecule has 1 unspecified atom stereocenters. The minimum Gasteiger partial charge on any atom is -0.444 e. The van der Waals surface area contributed by atoms with E-state index in [0.717, 1.165) is 15.6 Å². The number of carbonyl (C=O) groups is 2. The van der Waals surface area contributed by atoms with Gasteiger partial charge in [0.1, 0.15) is 6.61 Å². The van der Waals surface area contributed by atoms with E-state index in [1.165, 1.54) is 4.90 Å². The molecule has 1 heterocycles. The number of nitrogens with zero attached hydrogens (tertiary/aromatic N) is 1. The first kappa shape index (κ1) is 17.7. The lowest BCUT2D eigenvalue weighted by Crippen LogP contribution is -2.38. The van der Waals surface area contributed by atoms with Gasteiger partial charge in [-0.2, -0.15) is 0 Å². The summed E-state index contributed by atoms with van der Waals surface area (Å²) in [7, 11) is 0. The molecular formula is C20H20BrNO3. The van der Waals surface area contributed by atoms with E-state index >= 15 is 0 Å². The maximum Gasteiger partial charge on any atom is 0.417 e. The highest BCUT2D eigenvalue weighted by molar-refractivity contribution is 9.10. The van der Waals surface area contributed by atoms with Gasteiger partial charge in [-0.15, -0.1) is 0 Å². The van der Waals surface area contributed by atoms with Crippen molar-refractivity contribution in [2.75, 3.05) is 0 Å². The summed E-state index contributed by atoms with van der Waals surface area (Å²) < 4.78 is 6.33. The minimum atomic E-state index is -0.556. The molecule has 0 saturated carbocycles. The number of imide groups is 1. The average molecular weight is 402 g/mol. The highest BCUT2D eigenvalue weighted by Crippen LogP contribution is 2.28. The highest BCUT2D eigenvalue weighted by atomic mass is 79.9. The van der Waals surface area contributed by atoms with E-state index in [9.17, 15) is 9.59 Å². The van der Waals surface area contributed by atoms with E-state index in [4.69, 9.17) is 4.74 Å². The van der Waals surface area contributed by atoms with Gasteiger partial charge in [-0.05, 0) is 43.0 Å². The van der Waals surface area contributed by atoms with Crippen molar-refractivity contribution < 1.29 is 14.3 Å². The SMILES string of the molecule is C[C@@H]1CC(Cc2ccc(Br)cc2)C(=O)N1C(=O)OCc1ccccc1. The molecule has 2 aromatic rings. The van der Waals surface area contributed by atoms with Crippen LogP contribution >= 0.6 is 15.9 Å². The fourth-order valence-corrected chi connectivity index (χ4v) is 3.43. The van der Waals surface area contributed by atoms with Crippen LogP contribution in [0.4, 0.5) is 4.79 Å². The third kappa shape index (κ3) is 4.28. The number of hydrogen-bond acceptors (Lipinski definition) is 3. The van der Waals surface area contributed by atoms with Gasteiger partial charge in [-0.3, -0.25) is 4.79 Å². The molecule has 0 N–H and O–H groups in total. The molecule has 0 radical (unpaired) electrons. The third-order valence-electron chi connectivity index (χ3n) is 4.45. The highest BCUT2D eigenvalue weighted by Gasteiger charge is 2.41. The Bertz CT molecular complexity index is 745. The molecule has 0 bridgehead atoms. The molecule has 130 valence electrons. The lowest BCUT2D eigenvalue weighted by atomic mass is 9.97. The Kier molecular flexibility index (Phi) is 5.53. The normalized spacial score (nSPS) is 19.9. The molecule has 4 nitrogen and oxygen atoms in total. The first-order valence-electron chi connectivity index (χ1n) is 8.33. The molecule has 1 aliphatic rings. The molecule has 0 aromatic heterocycles. The fraction of sp³-hybridized carbons (Fsp3) is 0.300. The standard InChI is InChI=1S/C20H20BrNO3/c1-14-11-17(12-15-7-9-18(21)10-8-15)19(23)22(14)20(24)25-13-16-5-3-2-4-6-16/h2-10,14,17H,11-13H2,1H3/t14-,17?/m1/s1. The van der Waals surface area contributed by atoms with Crippen LogP contribution in [-0.4, -0.2) is 22.9 Å². The van der Waals surface area contributed by atoms with Crippen LogP contribution in [0.25, 0.3) is 0 Å². The summed E-state index contributed by atoms with van der Waals surface area (Å²) in [4.78, 5) is 26.3. The summed E-state index contributed by atoms with van der Waals surface area (Å²) >= 11 is 3.41. The number of halogens is 1. The summed E-state index contributed by atoms with van der Waals surface area (Å²) in [5.74, 6) is -0.325. The smallest absolute Gasteiger partial charge is 0.417 e. The number of amides is 2. The van der Waals surface area contributed by atoms with E-state index < -0.39 is 6.09 Å². The lowest BCUT2D eigenvalue weighted by Gasteiger charge is -2.19. The zero-order chi connectivity index (χ0) is 17.8. The second kappa shape index (κ2) is 7.83. The van der Waals surface area contributed by atoms with Crippen molar-refractivity contribution >= 4 is 27.9 Å². The van der Waals surface area contributed by atoms with Crippen LogP contribution in [0.15, 0.2) is 59.1 Å². The van der Waals surface area contributed by atoms with Crippen molar-refractivity contribution in [1.82, 2.24) is 4.90 Å². The van der Waals surface area contributed by atoms with Gasteiger partial charge in [0.25, 0.3) is 0 Å². The maximum atomic E-state index is 12.7. The van der Waals surface area contributed by atoms with Crippen LogP contribution in [0.3, 0.4) is 0 Å². The molecular weight excluding hydrogens is 382 g/mol. The van der Waals surface area contributed by atoms with E-state index in [2.05, 4.69) is 15.9 Å². The molecule has 2 amide bonds. The second-order valence-electron chi connectivity index (χ2n) is 6.36. The monoisotopic (exact) mass is 401 g/mol. The topological polar surface area (TPSA) is 46.6 Å². The zero-order valence-electron chi connectivity index (χ0n) is 14.0. The van der Waals surface area contributed by atoms with Crippen LogP contribution in [0.1, 0.15) is 24.5 Å². The molecule has 2 atom stereocenters. The Hall–Kier alpha value is -2.14. The van der Waals surface area contributed by atoms with Crippen LogP contribution in [-0.2, 0) is 22.6 Å². The van der Waals surface area contributed by atoms with Crippen LogP contribution in [0.2, 0.25) is 0 Å². The summed E-state index contributed by atoms with van der Waals surface area (Å²) in [5.41, 5.74) is 2.00. The fourth-order valence-electron chi connectivity index (χ4n) is 3.17. The van der Waals surface area contributed by atoms with Gasteiger partial charge in [0, 0.05) is 16.4 Å².